The van der Waals surface area contributed by atoms with Crippen molar-refractivity contribution in [2.45, 2.75) is 39.7 Å². The Morgan fingerprint density at radius 1 is 1.20 bits per heavy atom. The second-order valence-electron chi connectivity index (χ2n) is 5.18. The Morgan fingerprint density at radius 2 is 1.75 bits per heavy atom. The summed E-state index contributed by atoms with van der Waals surface area (Å²) in [4.78, 5) is 19.0. The smallest absolute Gasteiger partial charge is 0.320 e. The molecule has 1 aliphatic rings. The molecule has 0 aromatic rings. The zero-order valence-corrected chi connectivity index (χ0v) is 13.8. The van der Waals surface area contributed by atoms with Crippen molar-refractivity contribution in [1.82, 2.24) is 14.7 Å². The van der Waals surface area contributed by atoms with Crippen LogP contribution in [0.25, 0.3) is 0 Å². The molecule has 0 radical (unpaired) electrons. The maximum atomic E-state index is 12.3. The molecular weight excluding hydrogens is 272 g/mol. The van der Waals surface area contributed by atoms with Gasteiger partial charge in [0.1, 0.15) is 0 Å². The molecule has 1 atom stereocenters. The van der Waals surface area contributed by atoms with E-state index in [9.17, 15) is 4.79 Å². The molecule has 1 rings (SSSR count). The van der Waals surface area contributed by atoms with E-state index in [1.54, 1.807) is 0 Å². The molecule has 20 heavy (non-hydrogen) atoms. The van der Waals surface area contributed by atoms with Crippen molar-refractivity contribution < 1.29 is 4.79 Å². The summed E-state index contributed by atoms with van der Waals surface area (Å²) in [5, 5.41) is 0. The third-order valence-electron chi connectivity index (χ3n) is 3.95. The number of piperazine rings is 1. The predicted octanol–water partition coefficient (Wildman–Crippen LogP) is 1.52. The number of thiocarbonyl (C=S) groups is 1. The topological polar surface area (TPSA) is 52.8 Å². The zero-order valence-electron chi connectivity index (χ0n) is 13.0. The van der Waals surface area contributed by atoms with Crippen LogP contribution in [-0.4, -0.2) is 71.0 Å². The van der Waals surface area contributed by atoms with Crippen LogP contribution in [0, 0.1) is 0 Å². The lowest BCUT2D eigenvalue weighted by Gasteiger charge is -2.40. The van der Waals surface area contributed by atoms with Gasteiger partial charge >= 0.3 is 6.03 Å². The monoisotopic (exact) mass is 300 g/mol. The maximum absolute atomic E-state index is 12.3. The van der Waals surface area contributed by atoms with Crippen molar-refractivity contribution in [2.24, 2.45) is 5.73 Å². The number of urea groups is 1. The van der Waals surface area contributed by atoms with Crippen LogP contribution in [0.1, 0.15) is 33.6 Å². The molecule has 1 heterocycles. The molecule has 2 amide bonds. The van der Waals surface area contributed by atoms with Crippen molar-refractivity contribution in [3.8, 4) is 0 Å². The molecule has 1 unspecified atom stereocenters. The van der Waals surface area contributed by atoms with Gasteiger partial charge in [0.15, 0.2) is 0 Å². The minimum absolute atomic E-state index is 0.150. The lowest BCUT2D eigenvalue weighted by molar-refractivity contribution is 0.105. The summed E-state index contributed by atoms with van der Waals surface area (Å²) in [6.45, 7) is 10.9. The minimum Gasteiger partial charge on any atom is -0.392 e. The number of hydrogen-bond donors (Lipinski definition) is 1. The fourth-order valence-corrected chi connectivity index (χ4v) is 2.96. The van der Waals surface area contributed by atoms with Crippen LogP contribution in [0.2, 0.25) is 0 Å². The Labute approximate surface area is 128 Å². The number of carbonyl (C=O) groups is 1. The molecule has 0 spiro atoms. The predicted molar refractivity (Wildman–Crippen MR) is 86.9 cm³/mol. The third-order valence-corrected chi connectivity index (χ3v) is 4.22. The van der Waals surface area contributed by atoms with Gasteiger partial charge in [0.05, 0.1) is 11.0 Å². The van der Waals surface area contributed by atoms with Crippen molar-refractivity contribution in [1.29, 1.82) is 0 Å². The molecule has 2 N–H and O–H groups in total. The van der Waals surface area contributed by atoms with Crippen LogP contribution in [-0.2, 0) is 0 Å². The molecule has 1 saturated heterocycles. The first-order valence-corrected chi connectivity index (χ1v) is 8.03. The minimum atomic E-state index is 0.150. The van der Waals surface area contributed by atoms with Gasteiger partial charge in [-0.1, -0.05) is 25.6 Å². The molecule has 6 heteroatoms. The molecule has 0 aromatic heterocycles. The van der Waals surface area contributed by atoms with Gasteiger partial charge in [0.25, 0.3) is 0 Å². The molecule has 0 aromatic carbocycles. The van der Waals surface area contributed by atoms with Crippen molar-refractivity contribution in [3.63, 3.8) is 0 Å². The zero-order chi connectivity index (χ0) is 15.1. The average Bonchev–Trinajstić information content (AvgIpc) is 2.46. The van der Waals surface area contributed by atoms with E-state index in [-0.39, 0.29) is 12.1 Å². The molecule has 0 bridgehead atoms. The average molecular weight is 300 g/mol. The quantitative estimate of drug-likeness (QED) is 0.756. The fourth-order valence-electron chi connectivity index (χ4n) is 2.70. The first-order chi connectivity index (χ1) is 9.54. The van der Waals surface area contributed by atoms with Gasteiger partial charge in [0, 0.05) is 39.3 Å². The SMILES string of the molecule is CCCC(C(N)=S)N1CCN(C(=O)N(CC)CC)CC1. The summed E-state index contributed by atoms with van der Waals surface area (Å²) in [5.74, 6) is 0. The molecule has 5 nitrogen and oxygen atoms in total. The summed E-state index contributed by atoms with van der Waals surface area (Å²) in [6.07, 6.45) is 2.07. The number of nitrogens with zero attached hydrogens (tertiary/aromatic N) is 3. The highest BCUT2D eigenvalue weighted by molar-refractivity contribution is 7.80. The first kappa shape index (κ1) is 17.2. The summed E-state index contributed by atoms with van der Waals surface area (Å²) in [5.41, 5.74) is 5.84. The van der Waals surface area contributed by atoms with Gasteiger partial charge in [0.2, 0.25) is 0 Å². The Morgan fingerprint density at radius 3 is 2.15 bits per heavy atom. The number of carbonyl (C=O) groups excluding carboxylic acids is 1. The van der Waals surface area contributed by atoms with E-state index in [0.717, 1.165) is 52.1 Å². The van der Waals surface area contributed by atoms with E-state index in [2.05, 4.69) is 11.8 Å². The maximum Gasteiger partial charge on any atom is 0.320 e. The van der Waals surface area contributed by atoms with Crippen molar-refractivity contribution in [2.75, 3.05) is 39.3 Å². The second-order valence-corrected chi connectivity index (χ2v) is 5.66. The Bertz CT molecular complexity index is 325. The summed E-state index contributed by atoms with van der Waals surface area (Å²) in [7, 11) is 0. The lowest BCUT2D eigenvalue weighted by Crippen LogP contribution is -2.56. The van der Waals surface area contributed by atoms with Crippen LogP contribution >= 0.6 is 12.2 Å². The van der Waals surface area contributed by atoms with E-state index in [1.165, 1.54) is 0 Å². The molecule has 116 valence electrons. The molecule has 1 aliphatic heterocycles. The van der Waals surface area contributed by atoms with Crippen LogP contribution in [0.5, 0.6) is 0 Å². The number of hydrogen-bond acceptors (Lipinski definition) is 3. The van der Waals surface area contributed by atoms with Crippen LogP contribution in [0.4, 0.5) is 4.79 Å². The highest BCUT2D eigenvalue weighted by atomic mass is 32.1. The highest BCUT2D eigenvalue weighted by Gasteiger charge is 2.28. The van der Waals surface area contributed by atoms with E-state index in [1.807, 2.05) is 23.6 Å². The van der Waals surface area contributed by atoms with Gasteiger partial charge < -0.3 is 15.5 Å². The first-order valence-electron chi connectivity index (χ1n) is 7.62. The number of nitrogens with two attached hydrogens (primary N) is 1. The van der Waals surface area contributed by atoms with E-state index in [4.69, 9.17) is 18.0 Å². The molecule has 1 fully saturated rings. The summed E-state index contributed by atoms with van der Waals surface area (Å²) < 4.78 is 0. The largest absolute Gasteiger partial charge is 0.392 e. The Kier molecular flexibility index (Phi) is 7.23. The molecule has 0 aliphatic carbocycles. The Hall–Kier alpha value is -0.880. The van der Waals surface area contributed by atoms with Gasteiger partial charge in [-0.05, 0) is 20.3 Å². The summed E-state index contributed by atoms with van der Waals surface area (Å²) >= 11 is 5.17. The lowest BCUT2D eigenvalue weighted by atomic mass is 10.1. The van der Waals surface area contributed by atoms with E-state index < -0.39 is 0 Å². The van der Waals surface area contributed by atoms with Gasteiger partial charge in [-0.15, -0.1) is 0 Å². The normalized spacial score (nSPS) is 17.9. The van der Waals surface area contributed by atoms with Gasteiger partial charge in [-0.3, -0.25) is 4.90 Å². The second kappa shape index (κ2) is 8.42. The molecule has 0 saturated carbocycles. The summed E-state index contributed by atoms with van der Waals surface area (Å²) in [6, 6.07) is 0.331. The number of amides is 2. The van der Waals surface area contributed by atoms with Crippen LogP contribution < -0.4 is 5.73 Å². The van der Waals surface area contributed by atoms with E-state index in [0.29, 0.717) is 4.99 Å². The standard InChI is InChI=1S/C14H28N4OS/c1-4-7-12(13(15)20)17-8-10-18(11-9-17)14(19)16(5-2)6-3/h12H,4-11H2,1-3H3,(H2,15,20). The van der Waals surface area contributed by atoms with Crippen molar-refractivity contribution in [3.05, 3.63) is 0 Å². The highest BCUT2D eigenvalue weighted by Crippen LogP contribution is 2.13. The fraction of sp³-hybridized carbons (Fsp3) is 0.857. The van der Waals surface area contributed by atoms with Gasteiger partial charge in [-0.2, -0.15) is 0 Å². The van der Waals surface area contributed by atoms with Crippen molar-refractivity contribution >= 4 is 23.2 Å². The van der Waals surface area contributed by atoms with Gasteiger partial charge in [-0.25, -0.2) is 4.79 Å². The Balaban J connectivity index is 2.54. The van der Waals surface area contributed by atoms with Crippen LogP contribution in [0.15, 0.2) is 0 Å². The van der Waals surface area contributed by atoms with Crippen LogP contribution in [0.3, 0.4) is 0 Å². The number of rotatable bonds is 6. The third kappa shape index (κ3) is 4.31. The molecular formula is C14H28N4OS. The van der Waals surface area contributed by atoms with E-state index >= 15 is 0 Å².